The summed E-state index contributed by atoms with van der Waals surface area (Å²) in [5.74, 6) is 0. The van der Waals surface area contributed by atoms with Crippen molar-refractivity contribution in [3.05, 3.63) is 0 Å². The van der Waals surface area contributed by atoms with Crippen molar-refractivity contribution in [2.24, 2.45) is 0 Å². The van der Waals surface area contributed by atoms with Crippen molar-refractivity contribution in [1.82, 2.24) is 0 Å². The number of hydrogen-bond acceptors (Lipinski definition) is 3. The van der Waals surface area contributed by atoms with Crippen LogP contribution in [0, 0.1) is 0 Å². The average Bonchev–Trinajstić information content (AvgIpc) is 1.46. The van der Waals surface area contributed by atoms with Crippen molar-refractivity contribution < 1.29 is 30.0 Å². The molecule has 5 heavy (non-hydrogen) atoms. The third-order valence-electron chi connectivity index (χ3n) is 0. The van der Waals surface area contributed by atoms with Gasteiger partial charge in [-0.3, -0.25) is 8.92 Å². The molecule has 27 valence electrons. The molecule has 0 amide bonds. The summed E-state index contributed by atoms with van der Waals surface area (Å²) in [4.78, 5) is 0. The molecule has 0 fully saturated rings. The molecule has 0 bridgehead atoms. The van der Waals surface area contributed by atoms with E-state index < -0.39 is 9.29 Å². The maximum absolute atomic E-state index is 8.40. The minimum atomic E-state index is -1.42. The van der Waals surface area contributed by atoms with Gasteiger partial charge in [-0.2, -0.15) is 0 Å². The molecule has 0 aromatic rings. The normalized spacial score (nSPS) is 2.20. The van der Waals surface area contributed by atoms with Gasteiger partial charge in [-0.15, -0.1) is 0 Å². The predicted octanol–water partition coefficient (Wildman–Crippen LogP) is -0.740. The molecule has 0 aliphatic carbocycles. The van der Waals surface area contributed by atoms with Gasteiger partial charge in [0.2, 0.25) is 0 Å². The first kappa shape index (κ1) is 8.96. The first-order chi connectivity index (χ1) is 2.41. The summed E-state index contributed by atoms with van der Waals surface area (Å²) in [6.07, 6.45) is 0. The van der Waals surface area contributed by atoms with Gasteiger partial charge >= 0.3 is 30.3 Å². The molecule has 0 heterocycles. The zero-order chi connectivity index (χ0) is 4.71. The van der Waals surface area contributed by atoms with E-state index in [1.165, 1.54) is 0 Å². The van der Waals surface area contributed by atoms with Crippen LogP contribution in [0.4, 0.5) is 0 Å². The topological polar surface area (TPSA) is 51.2 Å². The van der Waals surface area contributed by atoms with Crippen LogP contribution in [0.15, 0.2) is 0 Å². The van der Waals surface area contributed by atoms with E-state index in [0.717, 1.165) is 17.4 Å². The molecule has 0 radical (unpaired) electrons. The summed E-state index contributed by atoms with van der Waals surface area (Å²) in [5.41, 5.74) is 0. The second-order valence-electron chi connectivity index (χ2n) is 0.0833. The standard InChI is InChI=1S/O2Si.O.V/c1-3-2;;. The van der Waals surface area contributed by atoms with Gasteiger partial charge in [0.15, 0.2) is 0 Å². The van der Waals surface area contributed by atoms with Gasteiger partial charge in [-0.25, -0.2) is 0 Å². The molecule has 0 aliphatic heterocycles. The predicted molar refractivity (Wildman–Crippen MR) is 7.81 cm³/mol. The molecule has 0 rings (SSSR count). The van der Waals surface area contributed by atoms with Crippen molar-refractivity contribution in [3.63, 3.8) is 0 Å². The molecule has 0 aromatic carbocycles. The fourth-order valence-corrected chi connectivity index (χ4v) is 0. The molecule has 5 heteroatoms. The van der Waals surface area contributed by atoms with Crippen molar-refractivity contribution in [2.75, 3.05) is 0 Å². The van der Waals surface area contributed by atoms with E-state index in [-0.39, 0.29) is 0 Å². The summed E-state index contributed by atoms with van der Waals surface area (Å²) in [6.45, 7) is 0. The van der Waals surface area contributed by atoms with Crippen LogP contribution in [-0.2, 0) is 30.0 Å². The Balaban J connectivity index is 0. The van der Waals surface area contributed by atoms with E-state index >= 15 is 0 Å². The van der Waals surface area contributed by atoms with Gasteiger partial charge in [0.05, 0.1) is 0 Å². The van der Waals surface area contributed by atoms with E-state index in [9.17, 15) is 0 Å². The second-order valence-corrected chi connectivity index (χ2v) is 0.250. The average molecular weight is 127 g/mol. The number of rotatable bonds is 0. The summed E-state index contributed by atoms with van der Waals surface area (Å²) in [7, 11) is -1.42. The Hall–Kier alpha value is 0.201. The molecule has 0 aromatic heterocycles. The molecule has 0 saturated heterocycles. The van der Waals surface area contributed by atoms with Gasteiger partial charge < -0.3 is 0 Å². The molecule has 0 aliphatic rings. The van der Waals surface area contributed by atoms with Gasteiger partial charge in [-0.1, -0.05) is 0 Å². The van der Waals surface area contributed by atoms with E-state index in [1.807, 2.05) is 0 Å². The van der Waals surface area contributed by atoms with Crippen LogP contribution >= 0.6 is 0 Å². The number of hydrogen-bond donors (Lipinski definition) is 0. The first-order valence-corrected chi connectivity index (χ1v) is 1.98. The van der Waals surface area contributed by atoms with Crippen molar-refractivity contribution in [3.8, 4) is 0 Å². The quantitative estimate of drug-likeness (QED) is 0.402. The SMILES string of the molecule is O=[Si]=O.[O]=[V]. The molecule has 0 atom stereocenters. The summed E-state index contributed by atoms with van der Waals surface area (Å²) >= 11 is 1.06. The Morgan fingerprint density at radius 2 is 1.20 bits per heavy atom. The van der Waals surface area contributed by atoms with Gasteiger partial charge in [0.25, 0.3) is 0 Å². The molecule has 0 spiro atoms. The van der Waals surface area contributed by atoms with E-state index in [1.54, 1.807) is 0 Å². The Bertz CT molecular complexity index is 36.2. The summed E-state index contributed by atoms with van der Waals surface area (Å²) in [6, 6.07) is 0. The molecule has 0 N–H and O–H groups in total. The fourth-order valence-electron chi connectivity index (χ4n) is 0. The van der Waals surface area contributed by atoms with E-state index in [4.69, 9.17) is 12.6 Å². The first-order valence-electron chi connectivity index (χ1n) is 0.591. The minimum absolute atomic E-state index is 1.06. The zero-order valence-electron chi connectivity index (χ0n) is 2.17. The van der Waals surface area contributed by atoms with Crippen LogP contribution in [0.25, 0.3) is 0 Å². The van der Waals surface area contributed by atoms with Crippen LogP contribution in [0.2, 0.25) is 0 Å². The molecule has 0 unspecified atom stereocenters. The van der Waals surface area contributed by atoms with Crippen LogP contribution in [0.3, 0.4) is 0 Å². The third-order valence-corrected chi connectivity index (χ3v) is 0. The monoisotopic (exact) mass is 127 g/mol. The van der Waals surface area contributed by atoms with Crippen LogP contribution in [-0.4, -0.2) is 9.29 Å². The molecule has 0 saturated carbocycles. The van der Waals surface area contributed by atoms with Crippen LogP contribution in [0.1, 0.15) is 0 Å². The Kier molecular flexibility index (Phi) is 53.5. The fraction of sp³-hybridized carbons (Fsp3) is 0. The van der Waals surface area contributed by atoms with E-state index in [2.05, 4.69) is 0 Å². The maximum atomic E-state index is 8.40. The van der Waals surface area contributed by atoms with Crippen molar-refractivity contribution in [2.45, 2.75) is 0 Å². The zero-order valence-corrected chi connectivity index (χ0v) is 4.57. The third kappa shape index (κ3) is 502. The summed E-state index contributed by atoms with van der Waals surface area (Å²) in [5, 5.41) is 0. The van der Waals surface area contributed by atoms with E-state index in [0.29, 0.717) is 0 Å². The molecular formula is O3SiV. The Morgan fingerprint density at radius 1 is 1.20 bits per heavy atom. The van der Waals surface area contributed by atoms with Crippen molar-refractivity contribution in [1.29, 1.82) is 0 Å². The Labute approximate surface area is 39.9 Å². The van der Waals surface area contributed by atoms with Gasteiger partial charge in [0.1, 0.15) is 0 Å². The van der Waals surface area contributed by atoms with Crippen LogP contribution in [0.5, 0.6) is 0 Å². The molecular weight excluding hydrogens is 127 g/mol. The summed E-state index contributed by atoms with van der Waals surface area (Å²) < 4.78 is 25.0. The van der Waals surface area contributed by atoms with Gasteiger partial charge in [0, 0.05) is 0 Å². The molecule has 3 nitrogen and oxygen atoms in total. The second kappa shape index (κ2) is 29.8. The van der Waals surface area contributed by atoms with Gasteiger partial charge in [-0.05, 0) is 0 Å². The van der Waals surface area contributed by atoms with Crippen molar-refractivity contribution >= 4 is 9.29 Å². The Morgan fingerprint density at radius 3 is 1.20 bits per heavy atom. The van der Waals surface area contributed by atoms with Crippen LogP contribution < -0.4 is 0 Å².